The van der Waals surface area contributed by atoms with E-state index in [0.717, 1.165) is 11.5 Å². The largest absolute Gasteiger partial charge is 0.341 e. The number of carbonyl (C=O) groups is 4. The van der Waals surface area contributed by atoms with Crippen LogP contribution >= 0.6 is 23.5 Å². The van der Waals surface area contributed by atoms with Crippen LogP contribution in [-0.2, 0) is 9.59 Å². The molecule has 2 aliphatic heterocycles. The Hall–Kier alpha value is -1.80. The third-order valence-electron chi connectivity index (χ3n) is 3.89. The molecule has 2 aliphatic rings. The van der Waals surface area contributed by atoms with Crippen LogP contribution < -0.4 is 10.6 Å². The van der Waals surface area contributed by atoms with Gasteiger partial charge in [-0.05, 0) is 37.1 Å². The highest BCUT2D eigenvalue weighted by Crippen LogP contribution is 2.21. The summed E-state index contributed by atoms with van der Waals surface area (Å²) >= 11 is 2.46. The fourth-order valence-corrected chi connectivity index (χ4v) is 4.38. The predicted octanol–water partition coefficient (Wildman–Crippen LogP) is 1.21. The summed E-state index contributed by atoms with van der Waals surface area (Å²) in [5, 5.41) is 5.37. The summed E-state index contributed by atoms with van der Waals surface area (Å²) < 4.78 is 0. The number of benzene rings is 1. The lowest BCUT2D eigenvalue weighted by Gasteiger charge is -2.12. The van der Waals surface area contributed by atoms with E-state index in [2.05, 4.69) is 10.6 Å². The smallest absolute Gasteiger partial charge is 0.251 e. The Morgan fingerprint density at radius 1 is 0.792 bits per heavy atom. The molecule has 0 spiro atoms. The molecule has 0 radical (unpaired) electrons. The van der Waals surface area contributed by atoms with E-state index in [1.807, 2.05) is 0 Å². The molecule has 2 N–H and O–H groups in total. The summed E-state index contributed by atoms with van der Waals surface area (Å²) in [6.07, 6.45) is 1.28. The molecule has 0 saturated carbocycles. The molecule has 24 heavy (non-hydrogen) atoms. The number of carbonyl (C=O) groups excluding carboxylic acids is 4. The van der Waals surface area contributed by atoms with E-state index in [0.29, 0.717) is 24.0 Å². The number of rotatable bonds is 4. The molecular weight excluding hydrogens is 348 g/mol. The second-order valence-corrected chi connectivity index (χ2v) is 7.74. The Bertz CT molecular complexity index is 631. The summed E-state index contributed by atoms with van der Waals surface area (Å²) in [6, 6.07) is 5.31. The number of nitrogens with one attached hydrogen (secondary N) is 2. The van der Waals surface area contributed by atoms with Crippen molar-refractivity contribution in [1.82, 2.24) is 10.6 Å². The molecule has 6 nitrogen and oxygen atoms in total. The van der Waals surface area contributed by atoms with Crippen molar-refractivity contribution in [1.29, 1.82) is 0 Å². The molecule has 2 atom stereocenters. The molecule has 2 heterocycles. The summed E-state index contributed by atoms with van der Waals surface area (Å²) in [6.45, 7) is 0. The van der Waals surface area contributed by atoms with Crippen molar-refractivity contribution < 1.29 is 19.2 Å². The maximum atomic E-state index is 12.1. The van der Waals surface area contributed by atoms with Gasteiger partial charge >= 0.3 is 0 Å². The summed E-state index contributed by atoms with van der Waals surface area (Å²) in [5.74, 6) is 0.789. The number of hydrogen-bond donors (Lipinski definition) is 2. The summed E-state index contributed by atoms with van der Waals surface area (Å²) in [5.41, 5.74) is 0.785. The molecule has 126 valence electrons. The van der Waals surface area contributed by atoms with Gasteiger partial charge in [-0.15, -0.1) is 0 Å². The van der Waals surface area contributed by atoms with Crippen LogP contribution in [0, 0.1) is 0 Å². The van der Waals surface area contributed by atoms with Gasteiger partial charge in [0.15, 0.2) is 0 Å². The van der Waals surface area contributed by atoms with Gasteiger partial charge in [0.1, 0.15) is 0 Å². The molecule has 8 heteroatoms. The van der Waals surface area contributed by atoms with Gasteiger partial charge in [0, 0.05) is 22.6 Å². The van der Waals surface area contributed by atoms with E-state index >= 15 is 0 Å². The normalized spacial score (nSPS) is 23.3. The lowest BCUT2D eigenvalue weighted by Crippen LogP contribution is -2.37. The van der Waals surface area contributed by atoms with Crippen molar-refractivity contribution in [2.24, 2.45) is 0 Å². The topological polar surface area (TPSA) is 92.3 Å². The molecule has 0 aliphatic carbocycles. The third-order valence-corrected chi connectivity index (χ3v) is 5.91. The lowest BCUT2D eigenvalue weighted by atomic mass is 10.1. The quantitative estimate of drug-likeness (QED) is 0.834. The first-order valence-corrected chi connectivity index (χ1v) is 9.57. The molecule has 3 rings (SSSR count). The lowest BCUT2D eigenvalue weighted by molar-refractivity contribution is -0.112. The molecule has 0 unspecified atom stereocenters. The van der Waals surface area contributed by atoms with Crippen molar-refractivity contribution in [3.8, 4) is 0 Å². The number of thioether (sulfide) groups is 2. The Labute approximate surface area is 147 Å². The number of amides is 2. The molecular formula is C16H16N2O4S2. The molecule has 2 saturated heterocycles. The van der Waals surface area contributed by atoms with E-state index < -0.39 is 12.1 Å². The van der Waals surface area contributed by atoms with Crippen LogP contribution in [0.4, 0.5) is 0 Å². The summed E-state index contributed by atoms with van der Waals surface area (Å²) in [4.78, 5) is 47.3. The van der Waals surface area contributed by atoms with Crippen molar-refractivity contribution in [3.63, 3.8) is 0 Å². The van der Waals surface area contributed by atoms with E-state index in [-0.39, 0.29) is 22.0 Å². The SMILES string of the molecule is O=C(N[C@H]1CCSC1=O)c1ccc(C(=O)N[C@H]2CCSC2=O)cc1. The fourth-order valence-electron chi connectivity index (χ4n) is 2.51. The zero-order chi connectivity index (χ0) is 17.1. The van der Waals surface area contributed by atoms with Crippen LogP contribution in [0.25, 0.3) is 0 Å². The average molecular weight is 364 g/mol. The van der Waals surface area contributed by atoms with Crippen molar-refractivity contribution in [2.45, 2.75) is 24.9 Å². The zero-order valence-corrected chi connectivity index (χ0v) is 14.4. The van der Waals surface area contributed by atoms with Crippen LogP contribution in [-0.4, -0.2) is 45.6 Å². The second kappa shape index (κ2) is 7.40. The first-order valence-electron chi connectivity index (χ1n) is 7.59. The molecule has 0 aromatic heterocycles. The number of hydrogen-bond acceptors (Lipinski definition) is 6. The fraction of sp³-hybridized carbons (Fsp3) is 0.375. The Morgan fingerprint density at radius 2 is 1.17 bits per heavy atom. The first-order chi connectivity index (χ1) is 11.5. The molecule has 0 bridgehead atoms. The van der Waals surface area contributed by atoms with Gasteiger partial charge in [-0.3, -0.25) is 19.2 Å². The van der Waals surface area contributed by atoms with E-state index in [9.17, 15) is 19.2 Å². The Balaban J connectivity index is 1.60. The molecule has 2 amide bonds. The van der Waals surface area contributed by atoms with Crippen LogP contribution in [0.2, 0.25) is 0 Å². The molecule has 2 fully saturated rings. The minimum atomic E-state index is -0.434. The monoisotopic (exact) mass is 364 g/mol. The van der Waals surface area contributed by atoms with Gasteiger partial charge in [0.05, 0.1) is 12.1 Å². The van der Waals surface area contributed by atoms with E-state index in [1.54, 1.807) is 24.3 Å². The minimum Gasteiger partial charge on any atom is -0.341 e. The Kier molecular flexibility index (Phi) is 5.25. The van der Waals surface area contributed by atoms with Crippen LogP contribution in [0.1, 0.15) is 33.6 Å². The van der Waals surface area contributed by atoms with Gasteiger partial charge < -0.3 is 10.6 Å². The standard InChI is InChI=1S/C16H16N2O4S2/c19-13(17-11-5-7-23-15(11)21)9-1-2-10(4-3-9)14(20)18-12-6-8-24-16(12)22/h1-4,11-12H,5-8H2,(H,17,19)(H,18,20)/t11-,12-/m0/s1. The minimum absolute atomic E-state index is 0.0153. The van der Waals surface area contributed by atoms with Crippen LogP contribution in [0.3, 0.4) is 0 Å². The summed E-state index contributed by atoms with van der Waals surface area (Å²) in [7, 11) is 0. The first kappa shape index (κ1) is 17.0. The van der Waals surface area contributed by atoms with Crippen molar-refractivity contribution in [3.05, 3.63) is 35.4 Å². The third kappa shape index (κ3) is 3.81. The zero-order valence-electron chi connectivity index (χ0n) is 12.7. The van der Waals surface area contributed by atoms with Gasteiger partial charge in [0.25, 0.3) is 11.8 Å². The van der Waals surface area contributed by atoms with Crippen molar-refractivity contribution in [2.75, 3.05) is 11.5 Å². The highest BCUT2D eigenvalue weighted by atomic mass is 32.2. The van der Waals surface area contributed by atoms with Gasteiger partial charge in [-0.1, -0.05) is 23.5 Å². The highest BCUT2D eigenvalue weighted by Gasteiger charge is 2.28. The van der Waals surface area contributed by atoms with Crippen molar-refractivity contribution >= 4 is 45.6 Å². The highest BCUT2D eigenvalue weighted by molar-refractivity contribution is 8.14. The van der Waals surface area contributed by atoms with Gasteiger partial charge in [0.2, 0.25) is 10.2 Å². The maximum Gasteiger partial charge on any atom is 0.251 e. The van der Waals surface area contributed by atoms with Gasteiger partial charge in [-0.2, -0.15) is 0 Å². The maximum absolute atomic E-state index is 12.1. The second-order valence-electron chi connectivity index (χ2n) is 5.54. The van der Waals surface area contributed by atoms with E-state index in [4.69, 9.17) is 0 Å². The molecule has 1 aromatic carbocycles. The predicted molar refractivity (Wildman–Crippen MR) is 93.1 cm³/mol. The van der Waals surface area contributed by atoms with E-state index in [1.165, 1.54) is 23.5 Å². The van der Waals surface area contributed by atoms with Crippen LogP contribution in [0.5, 0.6) is 0 Å². The van der Waals surface area contributed by atoms with Gasteiger partial charge in [-0.25, -0.2) is 0 Å². The van der Waals surface area contributed by atoms with Crippen LogP contribution in [0.15, 0.2) is 24.3 Å². The molecule has 1 aromatic rings. The Morgan fingerprint density at radius 3 is 1.46 bits per heavy atom. The average Bonchev–Trinajstić information content (AvgIpc) is 3.16.